The van der Waals surface area contributed by atoms with Crippen LogP contribution in [0.3, 0.4) is 0 Å². The molecule has 86 valence electrons. The maximum atomic E-state index is 5.56. The highest BCUT2D eigenvalue weighted by Crippen LogP contribution is 2.05. The molecule has 0 amide bonds. The third-order valence-corrected chi connectivity index (χ3v) is 2.01. The Morgan fingerprint density at radius 1 is 1.14 bits per heavy atom. The first-order valence-electron chi connectivity index (χ1n) is 5.68. The van der Waals surface area contributed by atoms with Crippen molar-refractivity contribution in [1.82, 2.24) is 5.32 Å². The molecular formula is C12H27NO. The topological polar surface area (TPSA) is 21.3 Å². The van der Waals surface area contributed by atoms with Gasteiger partial charge in [0.25, 0.3) is 0 Å². The second-order valence-corrected chi connectivity index (χ2v) is 5.45. The van der Waals surface area contributed by atoms with Crippen LogP contribution in [0.2, 0.25) is 0 Å². The summed E-state index contributed by atoms with van der Waals surface area (Å²) in [6, 6.07) is 0. The van der Waals surface area contributed by atoms with Crippen molar-refractivity contribution in [2.75, 3.05) is 13.2 Å². The predicted molar refractivity (Wildman–Crippen MR) is 62.6 cm³/mol. The SMILES string of the molecule is CC(CCNC(C)(C)C)COC(C)C. The Balaban J connectivity index is 3.40. The minimum atomic E-state index is 0.235. The van der Waals surface area contributed by atoms with Gasteiger partial charge in [-0.1, -0.05) is 6.92 Å². The number of nitrogens with one attached hydrogen (secondary N) is 1. The molecule has 0 rings (SSSR count). The van der Waals surface area contributed by atoms with Crippen LogP contribution in [0.25, 0.3) is 0 Å². The van der Waals surface area contributed by atoms with Gasteiger partial charge in [0.15, 0.2) is 0 Å². The molecule has 0 aliphatic carbocycles. The Labute approximate surface area is 89.4 Å². The molecule has 0 saturated heterocycles. The average Bonchev–Trinajstić information content (AvgIpc) is 1.98. The molecular weight excluding hydrogens is 174 g/mol. The molecule has 0 aliphatic heterocycles. The van der Waals surface area contributed by atoms with Gasteiger partial charge in [-0.15, -0.1) is 0 Å². The smallest absolute Gasteiger partial charge is 0.0519 e. The van der Waals surface area contributed by atoms with E-state index in [0.29, 0.717) is 12.0 Å². The van der Waals surface area contributed by atoms with Gasteiger partial charge in [-0.05, 0) is 53.5 Å². The molecule has 0 heterocycles. The van der Waals surface area contributed by atoms with E-state index in [4.69, 9.17) is 4.74 Å². The van der Waals surface area contributed by atoms with Crippen LogP contribution in [0, 0.1) is 5.92 Å². The molecule has 0 bridgehead atoms. The monoisotopic (exact) mass is 201 g/mol. The van der Waals surface area contributed by atoms with Crippen molar-refractivity contribution >= 4 is 0 Å². The molecule has 14 heavy (non-hydrogen) atoms. The first kappa shape index (κ1) is 13.9. The van der Waals surface area contributed by atoms with Gasteiger partial charge in [-0.3, -0.25) is 0 Å². The number of rotatable bonds is 6. The molecule has 0 radical (unpaired) electrons. The van der Waals surface area contributed by atoms with E-state index in [0.717, 1.165) is 13.2 Å². The Morgan fingerprint density at radius 3 is 2.14 bits per heavy atom. The third-order valence-electron chi connectivity index (χ3n) is 2.01. The fourth-order valence-electron chi connectivity index (χ4n) is 1.13. The van der Waals surface area contributed by atoms with Gasteiger partial charge in [-0.2, -0.15) is 0 Å². The number of hydrogen-bond donors (Lipinski definition) is 1. The van der Waals surface area contributed by atoms with E-state index < -0.39 is 0 Å². The van der Waals surface area contributed by atoms with E-state index in [1.165, 1.54) is 6.42 Å². The summed E-state index contributed by atoms with van der Waals surface area (Å²) in [4.78, 5) is 0. The minimum Gasteiger partial charge on any atom is -0.379 e. The summed E-state index contributed by atoms with van der Waals surface area (Å²) in [5, 5.41) is 3.48. The summed E-state index contributed by atoms with van der Waals surface area (Å²) in [5.41, 5.74) is 0.235. The third kappa shape index (κ3) is 10.0. The lowest BCUT2D eigenvalue weighted by Gasteiger charge is -2.22. The number of hydrogen-bond acceptors (Lipinski definition) is 2. The van der Waals surface area contributed by atoms with Gasteiger partial charge in [0.05, 0.1) is 6.10 Å². The van der Waals surface area contributed by atoms with E-state index in [1.54, 1.807) is 0 Å². The Bertz CT molecular complexity index is 138. The molecule has 0 saturated carbocycles. The molecule has 2 heteroatoms. The summed E-state index contributed by atoms with van der Waals surface area (Å²) in [7, 11) is 0. The molecule has 1 unspecified atom stereocenters. The second-order valence-electron chi connectivity index (χ2n) is 5.45. The summed E-state index contributed by atoms with van der Waals surface area (Å²) in [6.07, 6.45) is 1.54. The van der Waals surface area contributed by atoms with Crippen LogP contribution in [-0.2, 0) is 4.74 Å². The molecule has 0 aromatic rings. The van der Waals surface area contributed by atoms with Crippen molar-refractivity contribution in [3.05, 3.63) is 0 Å². The lowest BCUT2D eigenvalue weighted by atomic mass is 10.1. The molecule has 0 spiro atoms. The van der Waals surface area contributed by atoms with Gasteiger partial charge in [0.1, 0.15) is 0 Å². The van der Waals surface area contributed by atoms with Crippen LogP contribution >= 0.6 is 0 Å². The van der Waals surface area contributed by atoms with E-state index in [2.05, 4.69) is 46.9 Å². The predicted octanol–water partition coefficient (Wildman–Crippen LogP) is 2.83. The molecule has 1 N–H and O–H groups in total. The zero-order chi connectivity index (χ0) is 11.2. The second kappa shape index (κ2) is 6.41. The zero-order valence-corrected chi connectivity index (χ0v) is 10.7. The Morgan fingerprint density at radius 2 is 1.71 bits per heavy atom. The average molecular weight is 201 g/mol. The van der Waals surface area contributed by atoms with Crippen LogP contribution < -0.4 is 5.32 Å². The largest absolute Gasteiger partial charge is 0.379 e. The lowest BCUT2D eigenvalue weighted by molar-refractivity contribution is 0.0530. The van der Waals surface area contributed by atoms with Crippen molar-refractivity contribution in [2.24, 2.45) is 5.92 Å². The van der Waals surface area contributed by atoms with Gasteiger partial charge in [0.2, 0.25) is 0 Å². The quantitative estimate of drug-likeness (QED) is 0.713. The molecule has 2 nitrogen and oxygen atoms in total. The van der Waals surface area contributed by atoms with Crippen molar-refractivity contribution in [3.63, 3.8) is 0 Å². The fraction of sp³-hybridized carbons (Fsp3) is 1.00. The summed E-state index contributed by atoms with van der Waals surface area (Å²) in [5.74, 6) is 0.646. The van der Waals surface area contributed by atoms with E-state index >= 15 is 0 Å². The van der Waals surface area contributed by atoms with Crippen LogP contribution in [0.1, 0.15) is 48.0 Å². The molecule has 0 aliphatic rings. The van der Waals surface area contributed by atoms with Gasteiger partial charge in [-0.25, -0.2) is 0 Å². The first-order valence-corrected chi connectivity index (χ1v) is 5.68. The van der Waals surface area contributed by atoms with Crippen molar-refractivity contribution in [3.8, 4) is 0 Å². The number of ether oxygens (including phenoxy) is 1. The maximum absolute atomic E-state index is 5.56. The molecule has 0 aromatic carbocycles. The van der Waals surface area contributed by atoms with Crippen LogP contribution in [0.15, 0.2) is 0 Å². The summed E-state index contributed by atoms with van der Waals surface area (Å²) < 4.78 is 5.56. The standard InChI is InChI=1S/C12H27NO/c1-10(2)14-9-11(3)7-8-13-12(4,5)6/h10-11,13H,7-9H2,1-6H3. The van der Waals surface area contributed by atoms with Crippen molar-refractivity contribution in [2.45, 2.75) is 59.6 Å². The van der Waals surface area contributed by atoms with Gasteiger partial charge in [0, 0.05) is 12.1 Å². The summed E-state index contributed by atoms with van der Waals surface area (Å²) >= 11 is 0. The molecule has 1 atom stereocenters. The molecule has 0 fully saturated rings. The van der Waals surface area contributed by atoms with Crippen LogP contribution in [-0.4, -0.2) is 24.8 Å². The van der Waals surface area contributed by atoms with Crippen LogP contribution in [0.5, 0.6) is 0 Å². The first-order chi connectivity index (χ1) is 6.31. The highest BCUT2D eigenvalue weighted by Gasteiger charge is 2.09. The normalized spacial score (nSPS) is 14.8. The molecule has 0 aromatic heterocycles. The van der Waals surface area contributed by atoms with Crippen molar-refractivity contribution < 1.29 is 4.74 Å². The lowest BCUT2D eigenvalue weighted by Crippen LogP contribution is -2.37. The zero-order valence-electron chi connectivity index (χ0n) is 10.7. The van der Waals surface area contributed by atoms with Crippen molar-refractivity contribution in [1.29, 1.82) is 0 Å². The highest BCUT2D eigenvalue weighted by atomic mass is 16.5. The van der Waals surface area contributed by atoms with E-state index in [9.17, 15) is 0 Å². The van der Waals surface area contributed by atoms with Crippen LogP contribution in [0.4, 0.5) is 0 Å². The highest BCUT2D eigenvalue weighted by molar-refractivity contribution is 4.70. The maximum Gasteiger partial charge on any atom is 0.0519 e. The van der Waals surface area contributed by atoms with Gasteiger partial charge >= 0.3 is 0 Å². The summed E-state index contributed by atoms with van der Waals surface area (Å²) in [6.45, 7) is 15.0. The Hall–Kier alpha value is -0.0800. The van der Waals surface area contributed by atoms with Gasteiger partial charge < -0.3 is 10.1 Å². The van der Waals surface area contributed by atoms with E-state index in [1.807, 2.05) is 0 Å². The Kier molecular flexibility index (Phi) is 6.38. The van der Waals surface area contributed by atoms with E-state index in [-0.39, 0.29) is 5.54 Å². The fourth-order valence-corrected chi connectivity index (χ4v) is 1.13. The minimum absolute atomic E-state index is 0.235.